The van der Waals surface area contributed by atoms with Crippen LogP contribution in [0.2, 0.25) is 0 Å². The lowest BCUT2D eigenvalue weighted by Crippen LogP contribution is -2.38. The lowest BCUT2D eigenvalue weighted by atomic mass is 9.99. The van der Waals surface area contributed by atoms with E-state index in [1.165, 1.54) is 12.1 Å². The van der Waals surface area contributed by atoms with Gasteiger partial charge in [0.2, 0.25) is 0 Å². The topological polar surface area (TPSA) is 76.3 Å². The van der Waals surface area contributed by atoms with Crippen LogP contribution in [0.4, 0.5) is 5.69 Å². The molecule has 1 aromatic carbocycles. The number of pyridine rings is 1. The summed E-state index contributed by atoms with van der Waals surface area (Å²) in [7, 11) is 0. The van der Waals surface area contributed by atoms with E-state index in [4.69, 9.17) is 0 Å². The molecule has 0 aliphatic carbocycles. The number of nitro benzene ring substituents is 1. The van der Waals surface area contributed by atoms with Crippen LogP contribution < -0.4 is 0 Å². The number of carbonyl (C=O) groups is 1. The van der Waals surface area contributed by atoms with E-state index in [0.717, 1.165) is 25.9 Å². The molecule has 2 aromatic rings. The minimum atomic E-state index is -0.437. The fourth-order valence-electron chi connectivity index (χ4n) is 2.87. The second-order valence-corrected chi connectivity index (χ2v) is 6.19. The summed E-state index contributed by atoms with van der Waals surface area (Å²) in [5.74, 6) is 0.576. The van der Waals surface area contributed by atoms with Crippen molar-refractivity contribution < 1.29 is 9.72 Å². The first-order valence-corrected chi connectivity index (χ1v) is 8.06. The average molecular weight is 325 g/mol. The maximum absolute atomic E-state index is 12.6. The number of nitro groups is 1. The van der Waals surface area contributed by atoms with Crippen LogP contribution in [-0.4, -0.2) is 33.8 Å². The number of aromatic nitrogens is 1. The molecule has 0 radical (unpaired) electrons. The first-order chi connectivity index (χ1) is 11.5. The van der Waals surface area contributed by atoms with Gasteiger partial charge in [-0.2, -0.15) is 0 Å². The third kappa shape index (κ3) is 3.42. The Labute approximate surface area is 140 Å². The Morgan fingerprint density at radius 1 is 1.21 bits per heavy atom. The molecule has 1 saturated heterocycles. The molecule has 124 valence electrons. The maximum atomic E-state index is 12.6. The van der Waals surface area contributed by atoms with E-state index >= 15 is 0 Å². The summed E-state index contributed by atoms with van der Waals surface area (Å²) >= 11 is 0. The van der Waals surface area contributed by atoms with E-state index in [1.54, 1.807) is 30.3 Å². The number of carbonyl (C=O) groups excluding carboxylic acids is 1. The minimum Gasteiger partial charge on any atom is -0.337 e. The molecule has 1 aliphatic heterocycles. The molecule has 3 rings (SSSR count). The van der Waals surface area contributed by atoms with Gasteiger partial charge >= 0.3 is 0 Å². The zero-order valence-electron chi connectivity index (χ0n) is 13.5. The number of hydrogen-bond acceptors (Lipinski definition) is 4. The Kier molecular flexibility index (Phi) is 4.55. The normalized spacial score (nSPS) is 15.3. The van der Waals surface area contributed by atoms with Crippen LogP contribution in [0.25, 0.3) is 11.3 Å². The summed E-state index contributed by atoms with van der Waals surface area (Å²) in [5, 5.41) is 10.9. The van der Waals surface area contributed by atoms with Crippen molar-refractivity contribution in [1.82, 2.24) is 9.88 Å². The SMILES string of the molecule is CC1CCN(C(=O)c2cccc(-c3cccc([N+](=O)[O-])c3)n2)CC1. The van der Waals surface area contributed by atoms with Gasteiger partial charge in [0, 0.05) is 30.8 Å². The van der Waals surface area contributed by atoms with Crippen LogP contribution in [0.3, 0.4) is 0 Å². The highest BCUT2D eigenvalue weighted by atomic mass is 16.6. The first kappa shape index (κ1) is 16.1. The highest BCUT2D eigenvalue weighted by molar-refractivity contribution is 5.93. The summed E-state index contributed by atoms with van der Waals surface area (Å²) in [5.41, 5.74) is 1.59. The van der Waals surface area contributed by atoms with Gasteiger partial charge < -0.3 is 4.90 Å². The van der Waals surface area contributed by atoms with Crippen molar-refractivity contribution in [1.29, 1.82) is 0 Å². The van der Waals surface area contributed by atoms with E-state index in [-0.39, 0.29) is 11.6 Å². The Morgan fingerprint density at radius 3 is 2.62 bits per heavy atom. The van der Waals surface area contributed by atoms with Gasteiger partial charge in [0.15, 0.2) is 0 Å². The molecule has 0 atom stereocenters. The summed E-state index contributed by atoms with van der Waals surface area (Å²) in [6.07, 6.45) is 2.02. The lowest BCUT2D eigenvalue weighted by molar-refractivity contribution is -0.384. The monoisotopic (exact) mass is 325 g/mol. The molecule has 0 N–H and O–H groups in total. The minimum absolute atomic E-state index is 0.0102. The van der Waals surface area contributed by atoms with Crippen molar-refractivity contribution >= 4 is 11.6 Å². The highest BCUT2D eigenvalue weighted by Crippen LogP contribution is 2.23. The molecule has 6 nitrogen and oxygen atoms in total. The Hall–Kier alpha value is -2.76. The number of non-ortho nitro benzene ring substituents is 1. The number of nitrogens with zero attached hydrogens (tertiary/aromatic N) is 3. The van der Waals surface area contributed by atoms with Crippen molar-refractivity contribution in [3.05, 3.63) is 58.3 Å². The number of hydrogen-bond donors (Lipinski definition) is 0. The van der Waals surface area contributed by atoms with Crippen LogP contribution in [0.15, 0.2) is 42.5 Å². The summed E-state index contributed by atoms with van der Waals surface area (Å²) in [6.45, 7) is 3.70. The van der Waals surface area contributed by atoms with E-state index < -0.39 is 4.92 Å². The van der Waals surface area contributed by atoms with E-state index in [2.05, 4.69) is 11.9 Å². The summed E-state index contributed by atoms with van der Waals surface area (Å²) in [6, 6.07) is 11.5. The van der Waals surface area contributed by atoms with Crippen molar-refractivity contribution in [3.8, 4) is 11.3 Å². The standard InChI is InChI=1S/C18H19N3O3/c1-13-8-10-20(11-9-13)18(22)17-7-3-6-16(19-17)14-4-2-5-15(12-14)21(23)24/h2-7,12-13H,8-11H2,1H3. The third-order valence-electron chi connectivity index (χ3n) is 4.39. The largest absolute Gasteiger partial charge is 0.337 e. The molecule has 2 heterocycles. The Morgan fingerprint density at radius 2 is 1.92 bits per heavy atom. The zero-order valence-corrected chi connectivity index (χ0v) is 13.5. The van der Waals surface area contributed by atoms with Crippen molar-refractivity contribution in [3.63, 3.8) is 0 Å². The molecule has 0 unspecified atom stereocenters. The number of benzene rings is 1. The zero-order chi connectivity index (χ0) is 17.1. The quantitative estimate of drug-likeness (QED) is 0.639. The maximum Gasteiger partial charge on any atom is 0.272 e. The lowest BCUT2D eigenvalue weighted by Gasteiger charge is -2.30. The van der Waals surface area contributed by atoms with Gasteiger partial charge in [0.25, 0.3) is 11.6 Å². The molecule has 1 aromatic heterocycles. The molecular formula is C18H19N3O3. The van der Waals surface area contributed by atoms with Gasteiger partial charge in [-0.05, 0) is 30.9 Å². The van der Waals surface area contributed by atoms with Crippen LogP contribution in [0.1, 0.15) is 30.3 Å². The molecule has 0 saturated carbocycles. The van der Waals surface area contributed by atoms with E-state index in [1.807, 2.05) is 4.90 Å². The molecule has 6 heteroatoms. The van der Waals surface area contributed by atoms with Crippen LogP contribution in [0, 0.1) is 16.0 Å². The second-order valence-electron chi connectivity index (χ2n) is 6.19. The molecule has 1 aliphatic rings. The predicted octanol–water partition coefficient (Wildman–Crippen LogP) is 3.53. The molecular weight excluding hydrogens is 306 g/mol. The molecule has 1 amide bonds. The smallest absolute Gasteiger partial charge is 0.272 e. The van der Waals surface area contributed by atoms with E-state index in [0.29, 0.717) is 22.9 Å². The molecule has 0 spiro atoms. The van der Waals surface area contributed by atoms with Crippen LogP contribution in [-0.2, 0) is 0 Å². The fraction of sp³-hybridized carbons (Fsp3) is 0.333. The number of likely N-dealkylation sites (tertiary alicyclic amines) is 1. The van der Waals surface area contributed by atoms with Gasteiger partial charge in [0.05, 0.1) is 10.6 Å². The van der Waals surface area contributed by atoms with Crippen molar-refractivity contribution in [2.24, 2.45) is 5.92 Å². The number of piperidine rings is 1. The second kappa shape index (κ2) is 6.78. The van der Waals surface area contributed by atoms with Gasteiger partial charge in [-0.3, -0.25) is 14.9 Å². The predicted molar refractivity (Wildman–Crippen MR) is 90.6 cm³/mol. The third-order valence-corrected chi connectivity index (χ3v) is 4.39. The van der Waals surface area contributed by atoms with Crippen molar-refractivity contribution in [2.45, 2.75) is 19.8 Å². The first-order valence-electron chi connectivity index (χ1n) is 8.06. The fourth-order valence-corrected chi connectivity index (χ4v) is 2.87. The van der Waals surface area contributed by atoms with Crippen LogP contribution >= 0.6 is 0 Å². The van der Waals surface area contributed by atoms with Crippen LogP contribution in [0.5, 0.6) is 0 Å². The molecule has 0 bridgehead atoms. The molecule has 24 heavy (non-hydrogen) atoms. The average Bonchev–Trinajstić information content (AvgIpc) is 2.62. The van der Waals surface area contributed by atoms with Crippen molar-refractivity contribution in [2.75, 3.05) is 13.1 Å². The number of amides is 1. The molecule has 1 fully saturated rings. The van der Waals surface area contributed by atoms with E-state index in [9.17, 15) is 14.9 Å². The van der Waals surface area contributed by atoms with Gasteiger partial charge in [-0.1, -0.05) is 25.1 Å². The van der Waals surface area contributed by atoms with Gasteiger partial charge in [-0.15, -0.1) is 0 Å². The summed E-state index contributed by atoms with van der Waals surface area (Å²) in [4.78, 5) is 29.4. The summed E-state index contributed by atoms with van der Waals surface area (Å²) < 4.78 is 0. The van der Waals surface area contributed by atoms with Gasteiger partial charge in [0.1, 0.15) is 5.69 Å². The Bertz CT molecular complexity index is 768. The van der Waals surface area contributed by atoms with Gasteiger partial charge in [-0.25, -0.2) is 4.98 Å². The Balaban J connectivity index is 1.85. The highest BCUT2D eigenvalue weighted by Gasteiger charge is 2.22. The number of rotatable bonds is 3.